The lowest BCUT2D eigenvalue weighted by atomic mass is 9.94. The molecule has 6 heteroatoms. The largest absolute Gasteiger partial charge is 0.481 e. The first kappa shape index (κ1) is 17.3. The van der Waals surface area contributed by atoms with Gasteiger partial charge in [0.1, 0.15) is 0 Å². The van der Waals surface area contributed by atoms with Crippen LogP contribution in [0.1, 0.15) is 37.0 Å². The summed E-state index contributed by atoms with van der Waals surface area (Å²) < 4.78 is 0. The minimum Gasteiger partial charge on any atom is -0.481 e. The molecule has 0 heterocycles. The van der Waals surface area contributed by atoms with Crippen molar-refractivity contribution in [3.63, 3.8) is 0 Å². The average molecular weight is 313 g/mol. The highest BCUT2D eigenvalue weighted by atomic mass is 35.5. The van der Waals surface area contributed by atoms with Crippen molar-refractivity contribution in [3.8, 4) is 0 Å². The van der Waals surface area contributed by atoms with Crippen LogP contribution in [0.3, 0.4) is 0 Å². The lowest BCUT2D eigenvalue weighted by Crippen LogP contribution is -2.20. The van der Waals surface area contributed by atoms with E-state index in [-0.39, 0.29) is 12.3 Å². The summed E-state index contributed by atoms with van der Waals surface area (Å²) in [7, 11) is 0. The lowest BCUT2D eigenvalue weighted by Gasteiger charge is -2.19. The summed E-state index contributed by atoms with van der Waals surface area (Å²) in [5.41, 5.74) is 6.19. The van der Waals surface area contributed by atoms with E-state index >= 15 is 0 Å². The molecule has 4 N–H and O–H groups in total. The molecule has 1 amide bonds. The van der Waals surface area contributed by atoms with Crippen molar-refractivity contribution in [1.82, 2.24) is 0 Å². The summed E-state index contributed by atoms with van der Waals surface area (Å²) in [6.45, 7) is 4.63. The second kappa shape index (κ2) is 7.88. The predicted octanol–water partition coefficient (Wildman–Crippen LogP) is 2.99. The lowest BCUT2D eigenvalue weighted by molar-refractivity contribution is -0.138. The standard InChI is InChI=1S/C15H21ClN2O3/c1-9(2)5-10(6-14(19)20)8-18-13-4-3-11(15(17)21)7-12(13)16/h3-4,7,9-10,18H,5-6,8H2,1-2H3,(H2,17,21)(H,19,20). The third kappa shape index (κ3) is 6.04. The van der Waals surface area contributed by atoms with E-state index in [9.17, 15) is 9.59 Å². The number of carboxylic acid groups (broad SMARTS) is 1. The van der Waals surface area contributed by atoms with Gasteiger partial charge in [0.2, 0.25) is 5.91 Å². The summed E-state index contributed by atoms with van der Waals surface area (Å²) in [5.74, 6) is -0.900. The Balaban J connectivity index is 2.70. The number of hydrogen-bond acceptors (Lipinski definition) is 3. The van der Waals surface area contributed by atoms with Crippen LogP contribution in [-0.4, -0.2) is 23.5 Å². The van der Waals surface area contributed by atoms with E-state index in [1.807, 2.05) is 0 Å². The van der Waals surface area contributed by atoms with E-state index in [0.29, 0.717) is 28.7 Å². The molecule has 0 bridgehead atoms. The van der Waals surface area contributed by atoms with E-state index in [1.165, 1.54) is 6.07 Å². The maximum Gasteiger partial charge on any atom is 0.303 e. The SMILES string of the molecule is CC(C)CC(CNc1ccc(C(N)=O)cc1Cl)CC(=O)O. The van der Waals surface area contributed by atoms with E-state index in [1.54, 1.807) is 12.1 Å². The number of carboxylic acids is 1. The Morgan fingerprint density at radius 1 is 1.38 bits per heavy atom. The molecule has 21 heavy (non-hydrogen) atoms. The van der Waals surface area contributed by atoms with Crippen molar-refractivity contribution >= 4 is 29.2 Å². The van der Waals surface area contributed by atoms with Crippen molar-refractivity contribution in [1.29, 1.82) is 0 Å². The van der Waals surface area contributed by atoms with Gasteiger partial charge in [-0.1, -0.05) is 25.4 Å². The molecule has 0 fully saturated rings. The number of nitrogens with one attached hydrogen (secondary N) is 1. The van der Waals surface area contributed by atoms with Gasteiger partial charge in [-0.3, -0.25) is 9.59 Å². The molecule has 1 rings (SSSR count). The van der Waals surface area contributed by atoms with Gasteiger partial charge in [0, 0.05) is 18.5 Å². The molecule has 0 aliphatic carbocycles. The number of benzene rings is 1. The number of rotatable bonds is 8. The predicted molar refractivity (Wildman–Crippen MR) is 83.7 cm³/mol. The number of carbonyl (C=O) groups excluding carboxylic acids is 1. The zero-order valence-electron chi connectivity index (χ0n) is 12.2. The summed E-state index contributed by atoms with van der Waals surface area (Å²) in [6, 6.07) is 4.77. The van der Waals surface area contributed by atoms with Crippen LogP contribution >= 0.6 is 11.6 Å². The minimum atomic E-state index is -0.808. The molecular weight excluding hydrogens is 292 g/mol. The van der Waals surface area contributed by atoms with Gasteiger partial charge in [-0.2, -0.15) is 0 Å². The second-order valence-corrected chi connectivity index (χ2v) is 5.94. The maximum absolute atomic E-state index is 11.1. The van der Waals surface area contributed by atoms with Crippen LogP contribution in [0.4, 0.5) is 5.69 Å². The number of halogens is 1. The first-order valence-corrected chi connectivity index (χ1v) is 7.22. The molecule has 1 aromatic rings. The number of primary amides is 1. The number of aliphatic carboxylic acids is 1. The molecule has 0 aliphatic heterocycles. The first-order valence-electron chi connectivity index (χ1n) is 6.84. The Morgan fingerprint density at radius 3 is 2.52 bits per heavy atom. The highest BCUT2D eigenvalue weighted by Gasteiger charge is 2.15. The van der Waals surface area contributed by atoms with Crippen molar-refractivity contribution in [2.24, 2.45) is 17.6 Å². The molecule has 1 unspecified atom stereocenters. The quantitative estimate of drug-likeness (QED) is 0.688. The van der Waals surface area contributed by atoms with Crippen molar-refractivity contribution in [3.05, 3.63) is 28.8 Å². The van der Waals surface area contributed by atoms with Crippen molar-refractivity contribution < 1.29 is 14.7 Å². The minimum absolute atomic E-state index is 0.0226. The molecule has 0 saturated heterocycles. The summed E-state index contributed by atoms with van der Waals surface area (Å²) in [6.07, 6.45) is 0.929. The van der Waals surface area contributed by atoms with Gasteiger partial charge < -0.3 is 16.2 Å². The topological polar surface area (TPSA) is 92.4 Å². The number of amides is 1. The highest BCUT2D eigenvalue weighted by Crippen LogP contribution is 2.24. The van der Waals surface area contributed by atoms with E-state index in [2.05, 4.69) is 19.2 Å². The van der Waals surface area contributed by atoms with Crippen LogP contribution in [-0.2, 0) is 4.79 Å². The van der Waals surface area contributed by atoms with Gasteiger partial charge in [0.05, 0.1) is 10.7 Å². The molecule has 0 aliphatic rings. The summed E-state index contributed by atoms with van der Waals surface area (Å²) in [5, 5.41) is 12.5. The average Bonchev–Trinajstić information content (AvgIpc) is 2.35. The number of nitrogens with two attached hydrogens (primary N) is 1. The molecule has 0 saturated carbocycles. The molecule has 0 aromatic heterocycles. The Bertz CT molecular complexity index is 518. The van der Waals surface area contributed by atoms with E-state index in [4.69, 9.17) is 22.4 Å². The van der Waals surface area contributed by atoms with E-state index in [0.717, 1.165) is 6.42 Å². The third-order valence-corrected chi connectivity index (χ3v) is 3.42. The van der Waals surface area contributed by atoms with Gasteiger partial charge in [-0.15, -0.1) is 0 Å². The zero-order valence-corrected chi connectivity index (χ0v) is 13.0. The number of carbonyl (C=O) groups is 2. The number of anilines is 1. The molecule has 1 atom stereocenters. The normalized spacial score (nSPS) is 12.2. The molecule has 116 valence electrons. The van der Waals surface area contributed by atoms with Crippen LogP contribution in [0, 0.1) is 11.8 Å². The summed E-state index contributed by atoms with van der Waals surface area (Å²) >= 11 is 6.08. The number of hydrogen-bond donors (Lipinski definition) is 3. The third-order valence-electron chi connectivity index (χ3n) is 3.10. The summed E-state index contributed by atoms with van der Waals surface area (Å²) in [4.78, 5) is 21.9. The van der Waals surface area contributed by atoms with Gasteiger partial charge in [0.15, 0.2) is 0 Å². The molecular formula is C15H21ClN2O3. The van der Waals surface area contributed by atoms with E-state index < -0.39 is 11.9 Å². The smallest absolute Gasteiger partial charge is 0.303 e. The van der Waals surface area contributed by atoms with Gasteiger partial charge >= 0.3 is 5.97 Å². The van der Waals surface area contributed by atoms with Crippen molar-refractivity contribution in [2.45, 2.75) is 26.7 Å². The van der Waals surface area contributed by atoms with Crippen LogP contribution in [0.2, 0.25) is 5.02 Å². The van der Waals surface area contributed by atoms with Gasteiger partial charge in [-0.05, 0) is 36.5 Å². The molecule has 1 aromatic carbocycles. The second-order valence-electron chi connectivity index (χ2n) is 5.53. The van der Waals surface area contributed by atoms with Crippen LogP contribution < -0.4 is 11.1 Å². The zero-order chi connectivity index (χ0) is 16.0. The fourth-order valence-electron chi connectivity index (χ4n) is 2.22. The fraction of sp³-hybridized carbons (Fsp3) is 0.467. The Hall–Kier alpha value is -1.75. The van der Waals surface area contributed by atoms with Crippen LogP contribution in [0.25, 0.3) is 0 Å². The van der Waals surface area contributed by atoms with Crippen LogP contribution in [0.5, 0.6) is 0 Å². The van der Waals surface area contributed by atoms with Crippen LogP contribution in [0.15, 0.2) is 18.2 Å². The highest BCUT2D eigenvalue weighted by molar-refractivity contribution is 6.33. The fourth-order valence-corrected chi connectivity index (χ4v) is 2.47. The molecule has 0 spiro atoms. The Morgan fingerprint density at radius 2 is 2.05 bits per heavy atom. The molecule has 5 nitrogen and oxygen atoms in total. The van der Waals surface area contributed by atoms with Gasteiger partial charge in [-0.25, -0.2) is 0 Å². The van der Waals surface area contributed by atoms with Crippen molar-refractivity contribution in [2.75, 3.05) is 11.9 Å². The first-order chi connectivity index (χ1) is 9.79. The molecule has 0 radical (unpaired) electrons. The Labute approximate surface area is 129 Å². The monoisotopic (exact) mass is 312 g/mol. The maximum atomic E-state index is 11.1. The van der Waals surface area contributed by atoms with Gasteiger partial charge in [0.25, 0.3) is 0 Å². The Kier molecular flexibility index (Phi) is 6.49.